The number of rotatable bonds is 9. The van der Waals surface area contributed by atoms with E-state index in [1.807, 2.05) is 0 Å². The minimum atomic E-state index is -4.35. The molecule has 0 aliphatic carbocycles. The number of amides is 2. The van der Waals surface area contributed by atoms with Crippen molar-refractivity contribution in [3.8, 4) is 5.75 Å². The van der Waals surface area contributed by atoms with Gasteiger partial charge in [-0.15, -0.1) is 0 Å². The maximum atomic E-state index is 14.3. The maximum Gasteiger partial charge on any atom is 0.389 e. The average Bonchev–Trinajstić information content (AvgIpc) is 3.33. The highest BCUT2D eigenvalue weighted by molar-refractivity contribution is 7.92. The summed E-state index contributed by atoms with van der Waals surface area (Å²) in [6, 6.07) is 7.17. The Kier molecular flexibility index (Phi) is 10.3. The number of likely N-dealkylation sites (tertiary alicyclic amines) is 1. The van der Waals surface area contributed by atoms with Gasteiger partial charge in [-0.25, -0.2) is 12.8 Å². The van der Waals surface area contributed by atoms with E-state index in [-0.39, 0.29) is 56.5 Å². The van der Waals surface area contributed by atoms with E-state index in [1.165, 1.54) is 22.5 Å². The second-order valence-corrected chi connectivity index (χ2v) is 15.0. The molecule has 49 heavy (non-hydrogen) atoms. The van der Waals surface area contributed by atoms with Gasteiger partial charge in [0, 0.05) is 49.1 Å². The fraction of sp³-hybridized carbons (Fsp3) is 0.500. The van der Waals surface area contributed by atoms with Crippen molar-refractivity contribution in [3.05, 3.63) is 69.4 Å². The predicted molar refractivity (Wildman–Crippen MR) is 175 cm³/mol. The molecule has 15 heteroatoms. The van der Waals surface area contributed by atoms with Gasteiger partial charge in [-0.05, 0) is 106 Å². The molecule has 2 fully saturated rings. The number of piperidine rings is 2. The first-order chi connectivity index (χ1) is 22.9. The molecule has 2 aromatic rings. The SMILES string of the molecule is Cc1cc(C(=O)N2CCC(C)(O)CC2)cc(C)c1C=CS(=O)(=O)N1CCC2(CC1)N=C(c1ccc(F)c(OCCCC(F)(F)F)c1)NC2=O. The van der Waals surface area contributed by atoms with Crippen LogP contribution >= 0.6 is 0 Å². The molecule has 10 nitrogen and oxygen atoms in total. The highest BCUT2D eigenvalue weighted by Crippen LogP contribution is 2.33. The Morgan fingerprint density at radius 2 is 1.69 bits per heavy atom. The van der Waals surface area contributed by atoms with Crippen LogP contribution in [-0.2, 0) is 14.8 Å². The molecule has 3 aliphatic heterocycles. The van der Waals surface area contributed by atoms with E-state index in [2.05, 4.69) is 10.3 Å². The molecule has 0 saturated carbocycles. The number of halogens is 4. The normalized spacial score (nSPS) is 19.7. The Balaban J connectivity index is 1.22. The van der Waals surface area contributed by atoms with E-state index in [0.717, 1.165) is 22.6 Å². The number of hydrogen-bond acceptors (Lipinski definition) is 7. The zero-order valence-corrected chi connectivity index (χ0v) is 28.4. The van der Waals surface area contributed by atoms with E-state index < -0.39 is 45.5 Å². The number of ether oxygens (including phenoxy) is 1. The minimum Gasteiger partial charge on any atom is -0.490 e. The fourth-order valence-corrected chi connectivity index (χ4v) is 7.47. The van der Waals surface area contributed by atoms with Gasteiger partial charge in [0.05, 0.1) is 12.2 Å². The summed E-state index contributed by atoms with van der Waals surface area (Å²) >= 11 is 0. The number of alkyl halides is 3. The van der Waals surface area contributed by atoms with Gasteiger partial charge in [0.25, 0.3) is 11.8 Å². The van der Waals surface area contributed by atoms with E-state index in [0.29, 0.717) is 42.6 Å². The van der Waals surface area contributed by atoms with Gasteiger partial charge in [0.15, 0.2) is 11.6 Å². The van der Waals surface area contributed by atoms with Gasteiger partial charge in [-0.2, -0.15) is 17.5 Å². The maximum absolute atomic E-state index is 14.3. The third kappa shape index (κ3) is 8.50. The molecule has 0 aromatic heterocycles. The van der Waals surface area contributed by atoms with Crippen LogP contribution in [0.15, 0.2) is 40.7 Å². The predicted octanol–water partition coefficient (Wildman–Crippen LogP) is 4.86. The summed E-state index contributed by atoms with van der Waals surface area (Å²) in [7, 11) is -3.88. The van der Waals surface area contributed by atoms with Gasteiger partial charge >= 0.3 is 6.18 Å². The highest BCUT2D eigenvalue weighted by Gasteiger charge is 2.47. The number of nitrogens with zero attached hydrogens (tertiary/aromatic N) is 3. The molecule has 3 aliphatic rings. The van der Waals surface area contributed by atoms with Crippen molar-refractivity contribution in [2.75, 3.05) is 32.8 Å². The average molecular weight is 709 g/mol. The van der Waals surface area contributed by atoms with E-state index in [9.17, 15) is 40.7 Å². The lowest BCUT2D eigenvalue weighted by Gasteiger charge is -2.36. The number of aliphatic imine (C=N–C) groups is 1. The molecule has 3 heterocycles. The molecule has 1 spiro atoms. The smallest absolute Gasteiger partial charge is 0.389 e. The number of carbonyl (C=O) groups excluding carboxylic acids is 2. The molecule has 0 radical (unpaired) electrons. The van der Waals surface area contributed by atoms with Crippen LogP contribution in [-0.4, -0.2) is 90.5 Å². The zero-order valence-electron chi connectivity index (χ0n) is 27.6. The highest BCUT2D eigenvalue weighted by atomic mass is 32.2. The molecular formula is C34H40F4N4O6S. The fourth-order valence-electron chi connectivity index (χ4n) is 6.29. The van der Waals surface area contributed by atoms with Crippen molar-refractivity contribution in [3.63, 3.8) is 0 Å². The first-order valence-corrected chi connectivity index (χ1v) is 17.6. The number of hydrogen-bond donors (Lipinski definition) is 2. The lowest BCUT2D eigenvalue weighted by atomic mass is 9.89. The van der Waals surface area contributed by atoms with Crippen molar-refractivity contribution >= 4 is 33.7 Å². The Bertz CT molecular complexity index is 1750. The molecule has 0 atom stereocenters. The minimum absolute atomic E-state index is 0.0159. The molecule has 266 valence electrons. The Hall–Kier alpha value is -3.82. The molecule has 2 saturated heterocycles. The third-order valence-corrected chi connectivity index (χ3v) is 10.9. The van der Waals surface area contributed by atoms with Crippen molar-refractivity contribution in [1.29, 1.82) is 0 Å². The summed E-state index contributed by atoms with van der Waals surface area (Å²) in [5.41, 5.74) is 0.926. The largest absolute Gasteiger partial charge is 0.490 e. The van der Waals surface area contributed by atoms with Gasteiger partial charge in [0.2, 0.25) is 10.0 Å². The Labute approximate surface area is 282 Å². The van der Waals surface area contributed by atoms with Crippen LogP contribution in [0.25, 0.3) is 6.08 Å². The summed E-state index contributed by atoms with van der Waals surface area (Å²) < 4.78 is 84.7. The molecule has 5 rings (SSSR count). The van der Waals surface area contributed by atoms with Crippen LogP contribution in [0.2, 0.25) is 0 Å². The first-order valence-electron chi connectivity index (χ1n) is 16.1. The van der Waals surface area contributed by atoms with Crippen LogP contribution in [0.5, 0.6) is 5.75 Å². The molecular weight excluding hydrogens is 668 g/mol. The number of aryl methyl sites for hydroxylation is 2. The summed E-state index contributed by atoms with van der Waals surface area (Å²) in [5.74, 6) is -1.47. The Morgan fingerprint density at radius 3 is 2.31 bits per heavy atom. The topological polar surface area (TPSA) is 129 Å². The molecule has 0 unspecified atom stereocenters. The second kappa shape index (κ2) is 13.8. The standard InChI is InChI=1S/C34H40F4N4O6S/c1-22-19-25(30(43)41-13-9-32(3,45)10-14-41)20-23(2)26(22)7-18-49(46,47)42-15-11-33(12-16-42)31(44)39-29(40-33)24-5-6-27(35)28(21-24)48-17-4-8-34(36,37)38/h5-7,18-21,45H,4,8-17H2,1-3H3,(H,39,40,44). The lowest BCUT2D eigenvalue weighted by Crippen LogP contribution is -2.50. The summed E-state index contributed by atoms with van der Waals surface area (Å²) in [6.45, 7) is 5.96. The molecule has 2 amide bonds. The van der Waals surface area contributed by atoms with Gasteiger partial charge < -0.3 is 20.1 Å². The summed E-state index contributed by atoms with van der Waals surface area (Å²) in [6.07, 6.45) is -3.08. The number of sulfonamides is 1. The van der Waals surface area contributed by atoms with Gasteiger partial charge in [-0.1, -0.05) is 0 Å². The molecule has 2 aromatic carbocycles. The van der Waals surface area contributed by atoms with E-state index in [4.69, 9.17) is 4.74 Å². The van der Waals surface area contributed by atoms with Crippen molar-refractivity contribution < 1.29 is 45.4 Å². The number of nitrogens with one attached hydrogen (secondary N) is 1. The van der Waals surface area contributed by atoms with Crippen molar-refractivity contribution in [1.82, 2.24) is 14.5 Å². The van der Waals surface area contributed by atoms with Crippen LogP contribution in [0.3, 0.4) is 0 Å². The summed E-state index contributed by atoms with van der Waals surface area (Å²) in [5, 5.41) is 14.0. The molecule has 2 N–H and O–H groups in total. The number of benzene rings is 2. The van der Waals surface area contributed by atoms with Crippen molar-refractivity contribution in [2.24, 2.45) is 4.99 Å². The van der Waals surface area contributed by atoms with Crippen LogP contribution in [0.4, 0.5) is 17.6 Å². The first kappa shape index (κ1) is 36.5. The monoisotopic (exact) mass is 708 g/mol. The third-order valence-electron chi connectivity index (χ3n) is 9.33. The quantitative estimate of drug-likeness (QED) is 0.283. The zero-order chi connectivity index (χ0) is 35.8. The lowest BCUT2D eigenvalue weighted by molar-refractivity contribution is -0.136. The van der Waals surface area contributed by atoms with E-state index >= 15 is 0 Å². The number of amidine groups is 1. The number of carbonyl (C=O) groups is 2. The van der Waals surface area contributed by atoms with E-state index in [1.54, 1.807) is 37.8 Å². The van der Waals surface area contributed by atoms with Gasteiger partial charge in [-0.3, -0.25) is 14.6 Å². The molecule has 0 bridgehead atoms. The Morgan fingerprint density at radius 1 is 1.06 bits per heavy atom. The van der Waals surface area contributed by atoms with Gasteiger partial charge in [0.1, 0.15) is 11.4 Å². The second-order valence-electron chi connectivity index (χ2n) is 13.2. The van der Waals surface area contributed by atoms with Crippen LogP contribution < -0.4 is 10.1 Å². The van der Waals surface area contributed by atoms with Crippen molar-refractivity contribution in [2.45, 2.75) is 76.6 Å². The van der Waals surface area contributed by atoms with Crippen LogP contribution in [0.1, 0.15) is 78.1 Å². The van der Waals surface area contributed by atoms with Crippen LogP contribution in [0, 0.1) is 19.7 Å². The summed E-state index contributed by atoms with van der Waals surface area (Å²) in [4.78, 5) is 32.5. The number of aliphatic hydroxyl groups is 1.